The highest BCUT2D eigenvalue weighted by Crippen LogP contribution is 2.20. The molecule has 0 unspecified atom stereocenters. The topological polar surface area (TPSA) is 61.4 Å². The standard InChI is InChI=1S/C21H25N3O2/c1-16(25)22-18-7-9-19(10-8-18)23-21(26)15-17-5-11-20(12-6-17)24-13-3-2-4-14-24/h5-12H,2-4,13-15H2,1H3,(H,22,25)(H,23,26). The van der Waals surface area contributed by atoms with Crippen LogP contribution in [0.3, 0.4) is 0 Å². The van der Waals surface area contributed by atoms with E-state index in [-0.39, 0.29) is 11.8 Å². The van der Waals surface area contributed by atoms with Crippen molar-refractivity contribution in [1.29, 1.82) is 0 Å². The van der Waals surface area contributed by atoms with Gasteiger partial charge in [-0.3, -0.25) is 9.59 Å². The summed E-state index contributed by atoms with van der Waals surface area (Å²) in [6.07, 6.45) is 4.17. The molecule has 0 saturated carbocycles. The van der Waals surface area contributed by atoms with E-state index in [0.717, 1.165) is 18.7 Å². The summed E-state index contributed by atoms with van der Waals surface area (Å²) in [5.41, 5.74) is 3.67. The average Bonchev–Trinajstić information content (AvgIpc) is 2.64. The summed E-state index contributed by atoms with van der Waals surface area (Å²) >= 11 is 0. The molecule has 0 atom stereocenters. The molecule has 2 aromatic rings. The summed E-state index contributed by atoms with van der Waals surface area (Å²) in [5.74, 6) is -0.169. The van der Waals surface area contributed by atoms with Crippen LogP contribution in [0.15, 0.2) is 48.5 Å². The van der Waals surface area contributed by atoms with Gasteiger partial charge in [-0.1, -0.05) is 12.1 Å². The second-order valence-corrected chi connectivity index (χ2v) is 6.70. The van der Waals surface area contributed by atoms with Gasteiger partial charge in [0.1, 0.15) is 0 Å². The molecule has 5 heteroatoms. The Morgan fingerprint density at radius 2 is 1.42 bits per heavy atom. The highest BCUT2D eigenvalue weighted by molar-refractivity contribution is 5.93. The van der Waals surface area contributed by atoms with E-state index in [1.807, 2.05) is 12.1 Å². The molecule has 1 saturated heterocycles. The quantitative estimate of drug-likeness (QED) is 0.861. The van der Waals surface area contributed by atoms with Crippen molar-refractivity contribution < 1.29 is 9.59 Å². The van der Waals surface area contributed by atoms with Gasteiger partial charge in [0.2, 0.25) is 11.8 Å². The number of rotatable bonds is 5. The van der Waals surface area contributed by atoms with Crippen molar-refractivity contribution in [1.82, 2.24) is 0 Å². The first-order valence-corrected chi connectivity index (χ1v) is 9.11. The van der Waals surface area contributed by atoms with E-state index >= 15 is 0 Å². The van der Waals surface area contributed by atoms with Crippen LogP contribution < -0.4 is 15.5 Å². The van der Waals surface area contributed by atoms with E-state index in [4.69, 9.17) is 0 Å². The van der Waals surface area contributed by atoms with Crippen LogP contribution in [0.5, 0.6) is 0 Å². The maximum absolute atomic E-state index is 12.2. The van der Waals surface area contributed by atoms with Gasteiger partial charge in [0, 0.05) is 37.1 Å². The number of nitrogens with zero attached hydrogens (tertiary/aromatic N) is 1. The van der Waals surface area contributed by atoms with Crippen LogP contribution in [0.1, 0.15) is 31.7 Å². The number of carbonyl (C=O) groups is 2. The van der Waals surface area contributed by atoms with Crippen LogP contribution >= 0.6 is 0 Å². The van der Waals surface area contributed by atoms with Crippen LogP contribution in [-0.4, -0.2) is 24.9 Å². The Labute approximate surface area is 154 Å². The smallest absolute Gasteiger partial charge is 0.228 e. The van der Waals surface area contributed by atoms with E-state index in [1.54, 1.807) is 24.3 Å². The first-order chi connectivity index (χ1) is 12.6. The highest BCUT2D eigenvalue weighted by Gasteiger charge is 2.11. The summed E-state index contributed by atoms with van der Waals surface area (Å²) in [6.45, 7) is 3.70. The lowest BCUT2D eigenvalue weighted by Gasteiger charge is -2.28. The summed E-state index contributed by atoms with van der Waals surface area (Å²) in [5, 5.41) is 5.59. The molecule has 0 aromatic heterocycles. The Hall–Kier alpha value is -2.82. The van der Waals surface area contributed by atoms with Gasteiger partial charge in [-0.25, -0.2) is 0 Å². The zero-order chi connectivity index (χ0) is 18.4. The molecule has 26 heavy (non-hydrogen) atoms. The van der Waals surface area contributed by atoms with E-state index in [1.165, 1.54) is 31.9 Å². The number of carbonyl (C=O) groups excluding carboxylic acids is 2. The van der Waals surface area contributed by atoms with E-state index in [9.17, 15) is 9.59 Å². The normalized spacial score (nSPS) is 14.0. The van der Waals surface area contributed by atoms with Crippen molar-refractivity contribution >= 4 is 28.9 Å². The van der Waals surface area contributed by atoms with Gasteiger partial charge in [0.25, 0.3) is 0 Å². The molecule has 0 bridgehead atoms. The Balaban J connectivity index is 1.53. The second kappa shape index (κ2) is 8.52. The van der Waals surface area contributed by atoms with Gasteiger partial charge in [-0.2, -0.15) is 0 Å². The zero-order valence-electron chi connectivity index (χ0n) is 15.1. The van der Waals surface area contributed by atoms with Gasteiger partial charge < -0.3 is 15.5 Å². The lowest BCUT2D eigenvalue weighted by molar-refractivity contribution is -0.116. The minimum atomic E-state index is -0.116. The predicted molar refractivity (Wildman–Crippen MR) is 106 cm³/mol. The third kappa shape index (κ3) is 5.09. The molecular formula is C21H25N3O2. The van der Waals surface area contributed by atoms with Crippen molar-refractivity contribution in [2.24, 2.45) is 0 Å². The summed E-state index contributed by atoms with van der Waals surface area (Å²) in [7, 11) is 0. The van der Waals surface area contributed by atoms with Crippen LogP contribution in [0.4, 0.5) is 17.1 Å². The fourth-order valence-electron chi connectivity index (χ4n) is 3.21. The van der Waals surface area contributed by atoms with Gasteiger partial charge in [0.15, 0.2) is 0 Å². The van der Waals surface area contributed by atoms with Gasteiger partial charge in [-0.05, 0) is 61.2 Å². The summed E-state index contributed by atoms with van der Waals surface area (Å²) < 4.78 is 0. The fraction of sp³-hybridized carbons (Fsp3) is 0.333. The molecule has 136 valence electrons. The number of amides is 2. The largest absolute Gasteiger partial charge is 0.372 e. The Bertz CT molecular complexity index is 748. The lowest BCUT2D eigenvalue weighted by atomic mass is 10.1. The van der Waals surface area contributed by atoms with Gasteiger partial charge in [-0.15, -0.1) is 0 Å². The van der Waals surface area contributed by atoms with Crippen LogP contribution in [0.25, 0.3) is 0 Å². The monoisotopic (exact) mass is 351 g/mol. The number of benzene rings is 2. The molecular weight excluding hydrogens is 326 g/mol. The molecule has 1 heterocycles. The number of anilines is 3. The van der Waals surface area contributed by atoms with Crippen molar-refractivity contribution in [2.45, 2.75) is 32.6 Å². The fourth-order valence-corrected chi connectivity index (χ4v) is 3.21. The molecule has 1 fully saturated rings. The maximum atomic E-state index is 12.2. The zero-order valence-corrected chi connectivity index (χ0v) is 15.1. The van der Waals surface area contributed by atoms with E-state index in [2.05, 4.69) is 27.7 Å². The number of nitrogens with one attached hydrogen (secondary N) is 2. The first kappa shape index (κ1) is 18.0. The van der Waals surface area contributed by atoms with E-state index < -0.39 is 0 Å². The summed E-state index contributed by atoms with van der Waals surface area (Å²) in [4.78, 5) is 25.7. The molecule has 5 nitrogen and oxygen atoms in total. The Morgan fingerprint density at radius 3 is 2.00 bits per heavy atom. The van der Waals surface area contributed by atoms with Crippen LogP contribution in [0, 0.1) is 0 Å². The molecule has 0 aliphatic carbocycles. The van der Waals surface area contributed by atoms with Crippen molar-refractivity contribution in [3.63, 3.8) is 0 Å². The third-order valence-electron chi connectivity index (χ3n) is 4.51. The lowest BCUT2D eigenvalue weighted by Crippen LogP contribution is -2.29. The second-order valence-electron chi connectivity index (χ2n) is 6.70. The van der Waals surface area contributed by atoms with Crippen molar-refractivity contribution in [3.05, 3.63) is 54.1 Å². The van der Waals surface area contributed by atoms with Gasteiger partial charge in [0.05, 0.1) is 6.42 Å². The van der Waals surface area contributed by atoms with Gasteiger partial charge >= 0.3 is 0 Å². The molecule has 1 aliphatic rings. The predicted octanol–water partition coefficient (Wildman–Crippen LogP) is 3.82. The maximum Gasteiger partial charge on any atom is 0.228 e. The van der Waals surface area contributed by atoms with Crippen molar-refractivity contribution in [2.75, 3.05) is 28.6 Å². The Kier molecular flexibility index (Phi) is 5.89. The SMILES string of the molecule is CC(=O)Nc1ccc(NC(=O)Cc2ccc(N3CCCCC3)cc2)cc1. The third-order valence-corrected chi connectivity index (χ3v) is 4.51. The number of hydrogen-bond acceptors (Lipinski definition) is 3. The number of piperidine rings is 1. The molecule has 2 N–H and O–H groups in total. The minimum Gasteiger partial charge on any atom is -0.372 e. The van der Waals surface area contributed by atoms with Crippen LogP contribution in [-0.2, 0) is 16.0 Å². The molecule has 2 amide bonds. The average molecular weight is 351 g/mol. The molecule has 0 spiro atoms. The minimum absolute atomic E-state index is 0.0528. The highest BCUT2D eigenvalue weighted by atomic mass is 16.2. The van der Waals surface area contributed by atoms with Crippen molar-refractivity contribution in [3.8, 4) is 0 Å². The van der Waals surface area contributed by atoms with Crippen LogP contribution in [0.2, 0.25) is 0 Å². The first-order valence-electron chi connectivity index (χ1n) is 9.11. The Morgan fingerprint density at radius 1 is 0.846 bits per heavy atom. The molecule has 3 rings (SSSR count). The molecule has 1 aliphatic heterocycles. The molecule has 0 radical (unpaired) electrons. The van der Waals surface area contributed by atoms with E-state index in [0.29, 0.717) is 17.8 Å². The summed E-state index contributed by atoms with van der Waals surface area (Å²) in [6, 6.07) is 15.4. The number of hydrogen-bond donors (Lipinski definition) is 2. The molecule has 2 aromatic carbocycles.